The first kappa shape index (κ1) is 17.9. The third-order valence-corrected chi connectivity index (χ3v) is 5.69. The van der Waals surface area contributed by atoms with E-state index in [0.717, 1.165) is 16.0 Å². The van der Waals surface area contributed by atoms with Gasteiger partial charge in [-0.3, -0.25) is 4.21 Å². The topological polar surface area (TPSA) is 37.3 Å². The number of benzene rings is 2. The molecule has 23 heavy (non-hydrogen) atoms. The van der Waals surface area contributed by atoms with Gasteiger partial charge in [0.15, 0.2) is 0 Å². The highest BCUT2D eigenvalue weighted by Gasteiger charge is 2.27. The summed E-state index contributed by atoms with van der Waals surface area (Å²) in [5, 5.41) is 10.8. The predicted molar refractivity (Wildman–Crippen MR) is 97.2 cm³/mol. The van der Waals surface area contributed by atoms with Gasteiger partial charge in [-0.15, -0.1) is 0 Å². The summed E-state index contributed by atoms with van der Waals surface area (Å²) in [6.07, 6.45) is 0. The molecule has 0 amide bonds. The van der Waals surface area contributed by atoms with Crippen molar-refractivity contribution in [3.8, 4) is 0 Å². The van der Waals surface area contributed by atoms with Crippen molar-refractivity contribution >= 4 is 10.8 Å². The standard InChI is InChI=1S/C20H26O2S/c1-15-6-12-18(13-7-15)23(22)14-20(5,21)17-10-8-16(9-11-17)19(2,3)4/h6-13,21H,14H2,1-5H3/t20-,23?/m1/s1. The second-order valence-electron chi connectivity index (χ2n) is 7.40. The van der Waals surface area contributed by atoms with Crippen molar-refractivity contribution in [2.24, 2.45) is 0 Å². The number of rotatable bonds is 4. The lowest BCUT2D eigenvalue weighted by Gasteiger charge is -2.25. The van der Waals surface area contributed by atoms with Crippen molar-refractivity contribution in [1.29, 1.82) is 0 Å². The second-order valence-corrected chi connectivity index (χ2v) is 8.86. The smallest absolute Gasteiger partial charge is 0.0986 e. The molecule has 0 saturated carbocycles. The van der Waals surface area contributed by atoms with E-state index in [9.17, 15) is 9.32 Å². The van der Waals surface area contributed by atoms with E-state index >= 15 is 0 Å². The summed E-state index contributed by atoms with van der Waals surface area (Å²) in [4.78, 5) is 0.752. The Balaban J connectivity index is 2.17. The Bertz CT molecular complexity index is 677. The third-order valence-electron chi connectivity index (χ3n) is 4.07. The summed E-state index contributed by atoms with van der Waals surface area (Å²) in [7, 11) is -1.23. The van der Waals surface area contributed by atoms with Crippen LogP contribution in [0.5, 0.6) is 0 Å². The fourth-order valence-electron chi connectivity index (χ4n) is 2.44. The van der Waals surface area contributed by atoms with Crippen molar-refractivity contribution in [3.05, 3.63) is 65.2 Å². The van der Waals surface area contributed by atoms with Crippen molar-refractivity contribution in [3.63, 3.8) is 0 Å². The highest BCUT2D eigenvalue weighted by Crippen LogP contribution is 2.28. The van der Waals surface area contributed by atoms with E-state index in [-0.39, 0.29) is 11.2 Å². The normalized spacial score (nSPS) is 15.9. The lowest BCUT2D eigenvalue weighted by Crippen LogP contribution is -2.29. The number of aryl methyl sites for hydroxylation is 1. The molecule has 0 aliphatic carbocycles. The van der Waals surface area contributed by atoms with Crippen molar-refractivity contribution in [2.75, 3.05) is 5.75 Å². The Kier molecular flexibility index (Phi) is 5.12. The quantitative estimate of drug-likeness (QED) is 0.907. The fraction of sp³-hybridized carbons (Fsp3) is 0.400. The van der Waals surface area contributed by atoms with Gasteiger partial charge in [0.1, 0.15) is 0 Å². The molecular weight excluding hydrogens is 304 g/mol. The molecule has 0 aromatic heterocycles. The van der Waals surface area contributed by atoms with Crippen LogP contribution in [-0.2, 0) is 21.8 Å². The Morgan fingerprint density at radius 3 is 1.83 bits per heavy atom. The minimum atomic E-state index is -1.23. The summed E-state index contributed by atoms with van der Waals surface area (Å²) in [6.45, 7) is 10.2. The van der Waals surface area contributed by atoms with Gasteiger partial charge in [-0.05, 0) is 42.5 Å². The van der Waals surface area contributed by atoms with Crippen LogP contribution >= 0.6 is 0 Å². The first-order chi connectivity index (χ1) is 10.6. The van der Waals surface area contributed by atoms with Crippen LogP contribution in [0.2, 0.25) is 0 Å². The molecule has 124 valence electrons. The molecule has 2 aromatic rings. The molecule has 0 radical (unpaired) electrons. The number of hydrogen-bond donors (Lipinski definition) is 1. The Hall–Kier alpha value is -1.45. The summed E-state index contributed by atoms with van der Waals surface area (Å²) in [6, 6.07) is 15.6. The Morgan fingerprint density at radius 1 is 0.870 bits per heavy atom. The maximum atomic E-state index is 12.5. The molecule has 2 rings (SSSR count). The molecule has 2 aromatic carbocycles. The lowest BCUT2D eigenvalue weighted by atomic mass is 9.85. The number of aliphatic hydroxyl groups is 1. The van der Waals surface area contributed by atoms with E-state index < -0.39 is 16.4 Å². The summed E-state index contributed by atoms with van der Waals surface area (Å²) >= 11 is 0. The van der Waals surface area contributed by atoms with Crippen molar-refractivity contribution in [1.82, 2.24) is 0 Å². The molecule has 0 bridgehead atoms. The molecule has 1 unspecified atom stereocenters. The van der Waals surface area contributed by atoms with Gasteiger partial charge in [0.2, 0.25) is 0 Å². The fourth-order valence-corrected chi connectivity index (χ4v) is 3.72. The number of hydrogen-bond acceptors (Lipinski definition) is 2. The average molecular weight is 330 g/mol. The van der Waals surface area contributed by atoms with Gasteiger partial charge in [0.05, 0.1) is 22.2 Å². The van der Waals surface area contributed by atoms with Gasteiger partial charge < -0.3 is 5.11 Å². The minimum absolute atomic E-state index is 0.0785. The van der Waals surface area contributed by atoms with Gasteiger partial charge >= 0.3 is 0 Å². The molecule has 0 spiro atoms. The molecule has 2 nitrogen and oxygen atoms in total. The molecule has 0 fully saturated rings. The zero-order valence-corrected chi connectivity index (χ0v) is 15.4. The van der Waals surface area contributed by atoms with Crippen LogP contribution in [0.1, 0.15) is 44.4 Å². The second kappa shape index (κ2) is 6.58. The maximum Gasteiger partial charge on any atom is 0.0986 e. The van der Waals surface area contributed by atoms with Crippen LogP contribution in [0.15, 0.2) is 53.4 Å². The highest BCUT2D eigenvalue weighted by molar-refractivity contribution is 7.85. The third kappa shape index (κ3) is 4.52. The zero-order valence-electron chi connectivity index (χ0n) is 14.6. The largest absolute Gasteiger partial charge is 0.384 e. The van der Waals surface area contributed by atoms with Crippen LogP contribution in [0, 0.1) is 6.92 Å². The summed E-state index contributed by atoms with van der Waals surface area (Å²) in [5.41, 5.74) is 2.11. The van der Waals surface area contributed by atoms with Crippen LogP contribution in [0.25, 0.3) is 0 Å². The average Bonchev–Trinajstić information content (AvgIpc) is 2.46. The molecule has 0 saturated heterocycles. The van der Waals surface area contributed by atoms with E-state index in [1.807, 2.05) is 55.5 Å². The van der Waals surface area contributed by atoms with Crippen LogP contribution < -0.4 is 0 Å². The molecule has 1 N–H and O–H groups in total. The van der Waals surface area contributed by atoms with Gasteiger partial charge in [-0.2, -0.15) is 0 Å². The predicted octanol–water partition coefficient (Wildman–Crippen LogP) is 4.31. The molecule has 2 atom stereocenters. The van der Waals surface area contributed by atoms with Gasteiger partial charge in [0.25, 0.3) is 0 Å². The molecule has 0 aliphatic rings. The Morgan fingerprint density at radius 2 is 1.35 bits per heavy atom. The van der Waals surface area contributed by atoms with E-state index in [4.69, 9.17) is 0 Å². The highest BCUT2D eigenvalue weighted by atomic mass is 32.2. The van der Waals surface area contributed by atoms with Gasteiger partial charge in [-0.1, -0.05) is 62.7 Å². The first-order valence-electron chi connectivity index (χ1n) is 7.88. The summed E-state index contributed by atoms with van der Waals surface area (Å²) < 4.78 is 12.5. The van der Waals surface area contributed by atoms with E-state index in [1.165, 1.54) is 5.56 Å². The monoisotopic (exact) mass is 330 g/mol. The molecule has 0 heterocycles. The van der Waals surface area contributed by atoms with Crippen molar-refractivity contribution in [2.45, 2.75) is 50.5 Å². The van der Waals surface area contributed by atoms with Crippen LogP contribution in [0.3, 0.4) is 0 Å². The Labute approximate surface area is 142 Å². The molecule has 0 aliphatic heterocycles. The summed E-state index contributed by atoms with van der Waals surface area (Å²) in [5.74, 6) is 0.185. The van der Waals surface area contributed by atoms with Gasteiger partial charge in [-0.25, -0.2) is 0 Å². The van der Waals surface area contributed by atoms with Crippen LogP contribution in [0.4, 0.5) is 0 Å². The maximum absolute atomic E-state index is 12.5. The van der Waals surface area contributed by atoms with E-state index in [0.29, 0.717) is 0 Å². The minimum Gasteiger partial charge on any atom is -0.384 e. The molecular formula is C20H26O2S. The zero-order chi connectivity index (χ0) is 17.3. The van der Waals surface area contributed by atoms with E-state index in [1.54, 1.807) is 6.92 Å². The van der Waals surface area contributed by atoms with Gasteiger partial charge in [0, 0.05) is 4.90 Å². The molecule has 3 heteroatoms. The first-order valence-corrected chi connectivity index (χ1v) is 9.20. The SMILES string of the molecule is Cc1ccc(S(=O)C[C@@](C)(O)c2ccc(C(C)(C)C)cc2)cc1. The van der Waals surface area contributed by atoms with E-state index in [2.05, 4.69) is 20.8 Å². The lowest BCUT2D eigenvalue weighted by molar-refractivity contribution is 0.0829. The van der Waals surface area contributed by atoms with Crippen LogP contribution in [-0.4, -0.2) is 15.1 Å². The van der Waals surface area contributed by atoms with Crippen molar-refractivity contribution < 1.29 is 9.32 Å².